The van der Waals surface area contributed by atoms with Crippen molar-refractivity contribution in [3.63, 3.8) is 0 Å². The average Bonchev–Trinajstić information content (AvgIpc) is 2.60. The number of rotatable bonds is 1. The quantitative estimate of drug-likeness (QED) is 0.712. The van der Waals surface area contributed by atoms with E-state index < -0.39 is 5.60 Å². The SMILES string of the molecule is CC(C)(C)OC(=O)N1CC[C@@H](C(=O)N2CCC2)C1. The normalized spacial score (nSPS) is 23.8. The van der Waals surface area contributed by atoms with Crippen molar-refractivity contribution in [1.29, 1.82) is 0 Å². The first-order valence-corrected chi connectivity index (χ1v) is 6.63. The summed E-state index contributed by atoms with van der Waals surface area (Å²) in [7, 11) is 0. The summed E-state index contributed by atoms with van der Waals surface area (Å²) in [4.78, 5) is 27.4. The van der Waals surface area contributed by atoms with Crippen LogP contribution < -0.4 is 0 Å². The van der Waals surface area contributed by atoms with Crippen molar-refractivity contribution in [2.45, 2.75) is 39.2 Å². The van der Waals surface area contributed by atoms with E-state index in [2.05, 4.69) is 0 Å². The molecule has 5 heteroatoms. The lowest BCUT2D eigenvalue weighted by molar-refractivity contribution is -0.138. The molecule has 2 amide bonds. The summed E-state index contributed by atoms with van der Waals surface area (Å²) < 4.78 is 5.31. The molecule has 0 N–H and O–H groups in total. The van der Waals surface area contributed by atoms with E-state index in [9.17, 15) is 9.59 Å². The summed E-state index contributed by atoms with van der Waals surface area (Å²) in [6.07, 6.45) is 1.56. The molecule has 0 aliphatic carbocycles. The highest BCUT2D eigenvalue weighted by atomic mass is 16.6. The lowest BCUT2D eigenvalue weighted by Crippen LogP contribution is -2.46. The lowest BCUT2D eigenvalue weighted by atomic mass is 10.1. The number of ether oxygens (including phenoxy) is 1. The Kier molecular flexibility index (Phi) is 3.50. The molecule has 2 fully saturated rings. The molecule has 0 bridgehead atoms. The Morgan fingerprint density at radius 3 is 2.28 bits per heavy atom. The van der Waals surface area contributed by atoms with Gasteiger partial charge < -0.3 is 14.5 Å². The number of hydrogen-bond acceptors (Lipinski definition) is 3. The van der Waals surface area contributed by atoms with Crippen LogP contribution in [0.1, 0.15) is 33.6 Å². The van der Waals surface area contributed by atoms with Gasteiger partial charge in [-0.05, 0) is 33.6 Å². The van der Waals surface area contributed by atoms with Gasteiger partial charge in [0, 0.05) is 26.2 Å². The van der Waals surface area contributed by atoms with Gasteiger partial charge >= 0.3 is 6.09 Å². The van der Waals surface area contributed by atoms with Crippen molar-refractivity contribution in [2.75, 3.05) is 26.2 Å². The first kappa shape index (κ1) is 13.2. The minimum absolute atomic E-state index is 0.0298. The van der Waals surface area contributed by atoms with Gasteiger partial charge in [0.05, 0.1) is 5.92 Å². The Hall–Kier alpha value is -1.26. The molecule has 0 unspecified atom stereocenters. The van der Waals surface area contributed by atoms with E-state index in [0.717, 1.165) is 25.9 Å². The molecule has 0 aromatic heterocycles. The van der Waals surface area contributed by atoms with Crippen LogP contribution in [0.2, 0.25) is 0 Å². The molecule has 5 nitrogen and oxygen atoms in total. The summed E-state index contributed by atoms with van der Waals surface area (Å²) in [5.74, 6) is 0.171. The van der Waals surface area contributed by atoms with Gasteiger partial charge in [0.15, 0.2) is 0 Å². The Labute approximate surface area is 108 Å². The van der Waals surface area contributed by atoms with Gasteiger partial charge in [-0.25, -0.2) is 4.79 Å². The molecule has 2 aliphatic heterocycles. The summed E-state index contributed by atoms with van der Waals surface area (Å²) in [5.41, 5.74) is -0.476. The third-order valence-corrected chi connectivity index (χ3v) is 3.36. The molecule has 1 atom stereocenters. The molecule has 0 radical (unpaired) electrons. The van der Waals surface area contributed by atoms with Gasteiger partial charge in [0.25, 0.3) is 0 Å². The van der Waals surface area contributed by atoms with Crippen molar-refractivity contribution < 1.29 is 14.3 Å². The van der Waals surface area contributed by atoms with E-state index in [1.165, 1.54) is 0 Å². The topological polar surface area (TPSA) is 49.9 Å². The van der Waals surface area contributed by atoms with Crippen LogP contribution in [0.25, 0.3) is 0 Å². The second-order valence-corrected chi connectivity index (χ2v) is 6.09. The largest absolute Gasteiger partial charge is 0.444 e. The van der Waals surface area contributed by atoms with Gasteiger partial charge in [-0.1, -0.05) is 0 Å². The Morgan fingerprint density at radius 1 is 1.11 bits per heavy atom. The van der Waals surface area contributed by atoms with Crippen molar-refractivity contribution in [2.24, 2.45) is 5.92 Å². The first-order chi connectivity index (χ1) is 8.37. The second-order valence-electron chi connectivity index (χ2n) is 6.09. The number of hydrogen-bond donors (Lipinski definition) is 0. The minimum atomic E-state index is -0.476. The van der Waals surface area contributed by atoms with Crippen LogP contribution in [0.15, 0.2) is 0 Å². The average molecular weight is 254 g/mol. The second kappa shape index (κ2) is 4.78. The van der Waals surface area contributed by atoms with Crippen LogP contribution in [0.5, 0.6) is 0 Å². The predicted molar refractivity (Wildman–Crippen MR) is 67.1 cm³/mol. The van der Waals surface area contributed by atoms with Crippen LogP contribution in [0, 0.1) is 5.92 Å². The van der Waals surface area contributed by atoms with Crippen LogP contribution >= 0.6 is 0 Å². The Morgan fingerprint density at radius 2 is 1.78 bits per heavy atom. The lowest BCUT2D eigenvalue weighted by Gasteiger charge is -2.33. The fraction of sp³-hybridized carbons (Fsp3) is 0.846. The highest BCUT2D eigenvalue weighted by molar-refractivity contribution is 5.81. The molecule has 0 aromatic carbocycles. The molecule has 2 rings (SSSR count). The van der Waals surface area contributed by atoms with E-state index in [1.807, 2.05) is 25.7 Å². The smallest absolute Gasteiger partial charge is 0.410 e. The minimum Gasteiger partial charge on any atom is -0.444 e. The molecule has 0 aromatic rings. The predicted octanol–water partition coefficient (Wildman–Crippen LogP) is 1.48. The summed E-state index contributed by atoms with van der Waals surface area (Å²) >= 11 is 0. The monoisotopic (exact) mass is 254 g/mol. The molecule has 2 saturated heterocycles. The van der Waals surface area contributed by atoms with Crippen molar-refractivity contribution in [3.05, 3.63) is 0 Å². The van der Waals surface area contributed by atoms with E-state index in [0.29, 0.717) is 13.1 Å². The molecular formula is C13H22N2O3. The van der Waals surface area contributed by atoms with Gasteiger partial charge in [0.2, 0.25) is 5.91 Å². The molecular weight excluding hydrogens is 232 g/mol. The van der Waals surface area contributed by atoms with E-state index in [4.69, 9.17) is 4.74 Å². The zero-order valence-electron chi connectivity index (χ0n) is 11.4. The summed E-state index contributed by atoms with van der Waals surface area (Å²) in [6, 6.07) is 0. The summed E-state index contributed by atoms with van der Waals surface area (Å²) in [6.45, 7) is 8.43. The fourth-order valence-corrected chi connectivity index (χ4v) is 2.25. The van der Waals surface area contributed by atoms with E-state index in [-0.39, 0.29) is 17.9 Å². The molecule has 18 heavy (non-hydrogen) atoms. The van der Waals surface area contributed by atoms with Crippen LogP contribution in [0.3, 0.4) is 0 Å². The molecule has 2 aliphatic rings. The maximum Gasteiger partial charge on any atom is 0.410 e. The number of nitrogens with zero attached hydrogens (tertiary/aromatic N) is 2. The third kappa shape index (κ3) is 2.94. The standard InChI is InChI=1S/C13H22N2O3/c1-13(2,3)18-12(17)15-8-5-10(9-15)11(16)14-6-4-7-14/h10H,4-9H2,1-3H3/t10-/m1/s1. The number of likely N-dealkylation sites (tertiary alicyclic amines) is 2. The highest BCUT2D eigenvalue weighted by Crippen LogP contribution is 2.23. The first-order valence-electron chi connectivity index (χ1n) is 6.63. The van der Waals surface area contributed by atoms with Crippen LogP contribution in [-0.2, 0) is 9.53 Å². The van der Waals surface area contributed by atoms with Gasteiger partial charge in [-0.15, -0.1) is 0 Å². The maximum absolute atomic E-state index is 12.0. The van der Waals surface area contributed by atoms with E-state index >= 15 is 0 Å². The molecule has 2 heterocycles. The Balaban J connectivity index is 1.84. The van der Waals surface area contributed by atoms with Crippen LogP contribution in [0.4, 0.5) is 4.79 Å². The molecule has 102 valence electrons. The fourth-order valence-electron chi connectivity index (χ4n) is 2.25. The van der Waals surface area contributed by atoms with Crippen LogP contribution in [-0.4, -0.2) is 53.6 Å². The van der Waals surface area contributed by atoms with Gasteiger partial charge in [-0.3, -0.25) is 4.79 Å². The van der Waals surface area contributed by atoms with Crippen molar-refractivity contribution >= 4 is 12.0 Å². The molecule has 0 spiro atoms. The van der Waals surface area contributed by atoms with Crippen molar-refractivity contribution in [1.82, 2.24) is 9.80 Å². The number of amides is 2. The zero-order chi connectivity index (χ0) is 13.3. The van der Waals surface area contributed by atoms with Gasteiger partial charge in [0.1, 0.15) is 5.60 Å². The van der Waals surface area contributed by atoms with Crippen molar-refractivity contribution in [3.8, 4) is 0 Å². The highest BCUT2D eigenvalue weighted by Gasteiger charge is 2.36. The summed E-state index contributed by atoms with van der Waals surface area (Å²) in [5, 5.41) is 0. The number of carbonyl (C=O) groups excluding carboxylic acids is 2. The number of carbonyl (C=O) groups is 2. The molecule has 0 saturated carbocycles. The van der Waals surface area contributed by atoms with Gasteiger partial charge in [-0.2, -0.15) is 0 Å². The Bertz CT molecular complexity index is 345. The third-order valence-electron chi connectivity index (χ3n) is 3.36. The zero-order valence-corrected chi connectivity index (χ0v) is 11.4. The van der Waals surface area contributed by atoms with E-state index in [1.54, 1.807) is 4.90 Å². The maximum atomic E-state index is 12.0.